The first-order valence-electron chi connectivity index (χ1n) is 6.31. The fourth-order valence-electron chi connectivity index (χ4n) is 1.94. The second-order valence-corrected chi connectivity index (χ2v) is 5.22. The van der Waals surface area contributed by atoms with E-state index in [1.807, 2.05) is 6.92 Å². The molecule has 4 nitrogen and oxygen atoms in total. The third-order valence-corrected chi connectivity index (χ3v) is 3.99. The van der Waals surface area contributed by atoms with Crippen LogP contribution < -0.4 is 4.90 Å². The van der Waals surface area contributed by atoms with Crippen LogP contribution in [0, 0.1) is 5.82 Å². The Labute approximate surface area is 121 Å². The van der Waals surface area contributed by atoms with Crippen LogP contribution in [-0.4, -0.2) is 23.7 Å². The molecule has 1 N–H and O–H groups in total. The van der Waals surface area contributed by atoms with Crippen LogP contribution in [0.2, 0.25) is 0 Å². The van der Waals surface area contributed by atoms with E-state index in [1.165, 1.54) is 17.4 Å². The standard InChI is InChI=1S/C14H17FN2O2S/c1-3-17(12-7-5-4-6-10(12)15)14-16-11(9-19-2)13(8-18)20-14/h4-7,18H,3,8-9H2,1-2H3. The van der Waals surface area contributed by atoms with Crippen LogP contribution in [0.5, 0.6) is 0 Å². The maximum atomic E-state index is 13.9. The molecule has 2 aromatic rings. The van der Waals surface area contributed by atoms with E-state index in [-0.39, 0.29) is 12.4 Å². The third-order valence-electron chi connectivity index (χ3n) is 2.88. The van der Waals surface area contributed by atoms with Gasteiger partial charge in [-0.2, -0.15) is 0 Å². The summed E-state index contributed by atoms with van der Waals surface area (Å²) in [6.45, 7) is 2.76. The Balaban J connectivity index is 2.39. The van der Waals surface area contributed by atoms with Gasteiger partial charge in [-0.25, -0.2) is 9.37 Å². The predicted molar refractivity (Wildman–Crippen MR) is 77.8 cm³/mol. The molecule has 0 spiro atoms. The summed E-state index contributed by atoms with van der Waals surface area (Å²) in [5.41, 5.74) is 1.18. The molecule has 0 unspecified atom stereocenters. The van der Waals surface area contributed by atoms with E-state index >= 15 is 0 Å². The van der Waals surface area contributed by atoms with Gasteiger partial charge in [-0.05, 0) is 19.1 Å². The van der Waals surface area contributed by atoms with Crippen molar-refractivity contribution >= 4 is 22.2 Å². The molecule has 0 radical (unpaired) electrons. The Kier molecular flexibility index (Phi) is 5.05. The van der Waals surface area contributed by atoms with Crippen molar-refractivity contribution in [1.82, 2.24) is 4.98 Å². The minimum absolute atomic E-state index is 0.0921. The molecule has 1 aromatic heterocycles. The molecule has 1 aromatic carbocycles. The van der Waals surface area contributed by atoms with Gasteiger partial charge < -0.3 is 14.7 Å². The molecule has 108 valence electrons. The Hall–Kier alpha value is -1.50. The fraction of sp³-hybridized carbons (Fsp3) is 0.357. The van der Waals surface area contributed by atoms with Gasteiger partial charge in [0.2, 0.25) is 0 Å². The van der Waals surface area contributed by atoms with Gasteiger partial charge in [0.05, 0.1) is 29.5 Å². The number of aliphatic hydroxyl groups is 1. The van der Waals surface area contributed by atoms with Gasteiger partial charge in [-0.15, -0.1) is 0 Å². The van der Waals surface area contributed by atoms with Crippen molar-refractivity contribution in [3.05, 3.63) is 40.7 Å². The second kappa shape index (κ2) is 6.78. The summed E-state index contributed by atoms with van der Waals surface area (Å²) in [5.74, 6) is -0.289. The fourth-order valence-corrected chi connectivity index (χ4v) is 2.94. The second-order valence-electron chi connectivity index (χ2n) is 4.15. The number of nitrogens with zero attached hydrogens (tertiary/aromatic N) is 2. The smallest absolute Gasteiger partial charge is 0.190 e. The third kappa shape index (κ3) is 2.98. The van der Waals surface area contributed by atoms with Gasteiger partial charge in [0.1, 0.15) is 5.82 Å². The van der Waals surface area contributed by atoms with E-state index in [0.29, 0.717) is 29.7 Å². The lowest BCUT2D eigenvalue weighted by atomic mass is 10.3. The van der Waals surface area contributed by atoms with E-state index in [0.717, 1.165) is 4.88 Å². The number of hydrogen-bond acceptors (Lipinski definition) is 5. The van der Waals surface area contributed by atoms with Crippen LogP contribution in [0.3, 0.4) is 0 Å². The number of methoxy groups -OCH3 is 1. The number of aliphatic hydroxyl groups excluding tert-OH is 1. The summed E-state index contributed by atoms with van der Waals surface area (Å²) in [5, 5.41) is 10.0. The lowest BCUT2D eigenvalue weighted by Crippen LogP contribution is -2.17. The Morgan fingerprint density at radius 3 is 2.75 bits per heavy atom. The van der Waals surface area contributed by atoms with Crippen molar-refractivity contribution in [1.29, 1.82) is 0 Å². The molecule has 0 bridgehead atoms. The lowest BCUT2D eigenvalue weighted by Gasteiger charge is -2.20. The summed E-state index contributed by atoms with van der Waals surface area (Å²) in [6, 6.07) is 6.59. The highest BCUT2D eigenvalue weighted by Gasteiger charge is 2.18. The molecule has 0 aliphatic carbocycles. The average Bonchev–Trinajstić information content (AvgIpc) is 2.85. The summed E-state index contributed by atoms with van der Waals surface area (Å²) < 4.78 is 19.0. The highest BCUT2D eigenvalue weighted by molar-refractivity contribution is 7.15. The van der Waals surface area contributed by atoms with Crippen molar-refractivity contribution < 1.29 is 14.2 Å². The van der Waals surface area contributed by atoms with E-state index in [1.54, 1.807) is 30.2 Å². The maximum Gasteiger partial charge on any atom is 0.190 e. The van der Waals surface area contributed by atoms with E-state index < -0.39 is 0 Å². The van der Waals surface area contributed by atoms with Crippen molar-refractivity contribution in [2.45, 2.75) is 20.1 Å². The molecule has 2 rings (SSSR count). The van der Waals surface area contributed by atoms with Crippen molar-refractivity contribution in [3.63, 3.8) is 0 Å². The minimum atomic E-state index is -0.289. The first kappa shape index (κ1) is 14.9. The summed E-state index contributed by atoms with van der Waals surface area (Å²) >= 11 is 1.35. The Morgan fingerprint density at radius 1 is 1.40 bits per heavy atom. The number of hydrogen-bond donors (Lipinski definition) is 1. The van der Waals surface area contributed by atoms with Gasteiger partial charge in [0.15, 0.2) is 5.13 Å². The Bertz CT molecular complexity index is 574. The van der Waals surface area contributed by atoms with E-state index in [2.05, 4.69) is 4.98 Å². The zero-order chi connectivity index (χ0) is 14.5. The van der Waals surface area contributed by atoms with Crippen molar-refractivity contribution in [2.24, 2.45) is 0 Å². The number of ether oxygens (including phenoxy) is 1. The molecular weight excluding hydrogens is 279 g/mol. The Morgan fingerprint density at radius 2 is 2.15 bits per heavy atom. The molecule has 0 saturated carbocycles. The number of aromatic nitrogens is 1. The zero-order valence-electron chi connectivity index (χ0n) is 11.5. The van der Waals surface area contributed by atoms with Gasteiger partial charge in [-0.1, -0.05) is 23.5 Å². The highest BCUT2D eigenvalue weighted by Crippen LogP contribution is 2.33. The van der Waals surface area contributed by atoms with Crippen LogP contribution in [-0.2, 0) is 18.0 Å². The molecule has 0 amide bonds. The number of para-hydroxylation sites is 1. The van der Waals surface area contributed by atoms with Crippen LogP contribution in [0.15, 0.2) is 24.3 Å². The lowest BCUT2D eigenvalue weighted by molar-refractivity contribution is 0.179. The van der Waals surface area contributed by atoms with Crippen LogP contribution in [0.1, 0.15) is 17.5 Å². The highest BCUT2D eigenvalue weighted by atomic mass is 32.1. The summed E-state index contributed by atoms with van der Waals surface area (Å²) in [4.78, 5) is 6.99. The van der Waals surface area contributed by atoms with Gasteiger partial charge in [0.25, 0.3) is 0 Å². The average molecular weight is 296 g/mol. The molecule has 20 heavy (non-hydrogen) atoms. The van der Waals surface area contributed by atoms with Gasteiger partial charge in [0, 0.05) is 13.7 Å². The number of thiazole rings is 1. The first-order chi connectivity index (χ1) is 9.71. The SMILES string of the molecule is CCN(c1nc(COC)c(CO)s1)c1ccccc1F. The zero-order valence-corrected chi connectivity index (χ0v) is 12.3. The topological polar surface area (TPSA) is 45.6 Å². The largest absolute Gasteiger partial charge is 0.391 e. The molecule has 0 aliphatic heterocycles. The molecule has 0 saturated heterocycles. The molecule has 0 atom stereocenters. The van der Waals surface area contributed by atoms with Crippen molar-refractivity contribution in [2.75, 3.05) is 18.6 Å². The van der Waals surface area contributed by atoms with Crippen LogP contribution >= 0.6 is 11.3 Å². The number of anilines is 2. The molecule has 1 heterocycles. The van der Waals surface area contributed by atoms with E-state index in [4.69, 9.17) is 4.74 Å². The van der Waals surface area contributed by atoms with Crippen LogP contribution in [0.4, 0.5) is 15.2 Å². The first-order valence-corrected chi connectivity index (χ1v) is 7.13. The predicted octanol–water partition coefficient (Wildman–Crippen LogP) is 3.08. The number of halogens is 1. The summed E-state index contributed by atoms with van der Waals surface area (Å²) in [7, 11) is 1.58. The van der Waals surface area contributed by atoms with E-state index in [9.17, 15) is 9.50 Å². The molecule has 0 fully saturated rings. The molecule has 6 heteroatoms. The number of rotatable bonds is 6. The van der Waals surface area contributed by atoms with Gasteiger partial charge >= 0.3 is 0 Å². The molecular formula is C14H17FN2O2S. The minimum Gasteiger partial charge on any atom is -0.391 e. The monoisotopic (exact) mass is 296 g/mol. The normalized spacial score (nSPS) is 10.8. The number of benzene rings is 1. The molecule has 0 aliphatic rings. The summed E-state index contributed by atoms with van der Waals surface area (Å²) in [6.07, 6.45) is 0. The van der Waals surface area contributed by atoms with Crippen LogP contribution in [0.25, 0.3) is 0 Å². The quantitative estimate of drug-likeness (QED) is 0.890. The maximum absolute atomic E-state index is 13.9. The van der Waals surface area contributed by atoms with Gasteiger partial charge in [-0.3, -0.25) is 0 Å². The van der Waals surface area contributed by atoms with Crippen molar-refractivity contribution in [3.8, 4) is 0 Å².